The highest BCUT2D eigenvalue weighted by atomic mass is 16.5. The number of aliphatic imine (C=N–C) groups is 1. The van der Waals surface area contributed by atoms with Crippen molar-refractivity contribution in [2.75, 3.05) is 26.7 Å². The molecule has 2 aromatic carbocycles. The number of piperidine rings is 1. The molecule has 0 bridgehead atoms. The zero-order valence-corrected chi connectivity index (χ0v) is 19.5. The van der Waals surface area contributed by atoms with Crippen molar-refractivity contribution in [2.24, 2.45) is 22.6 Å². The average Bonchev–Trinajstić information content (AvgIpc) is 3.08. The first-order valence-corrected chi connectivity index (χ1v) is 11.5. The minimum absolute atomic E-state index is 0.0186. The number of nitrogens with zero attached hydrogens (tertiary/aromatic N) is 3. The normalized spacial score (nSPS) is 21.5. The summed E-state index contributed by atoms with van der Waals surface area (Å²) in [4.78, 5) is 34.5. The highest BCUT2D eigenvalue weighted by Gasteiger charge is 2.54. The number of guanidine groups is 1. The van der Waals surface area contributed by atoms with Crippen LogP contribution in [0.3, 0.4) is 0 Å². The Morgan fingerprint density at radius 1 is 1.15 bits per heavy atom. The quantitative estimate of drug-likeness (QED) is 0.735. The highest BCUT2D eigenvalue weighted by molar-refractivity contribution is 6.07. The van der Waals surface area contributed by atoms with Gasteiger partial charge in [0.1, 0.15) is 5.75 Å². The molecule has 2 aliphatic rings. The molecule has 4 rings (SSSR count). The Morgan fingerprint density at radius 2 is 1.85 bits per heavy atom. The van der Waals surface area contributed by atoms with E-state index in [0.717, 1.165) is 5.56 Å². The Balaban J connectivity index is 1.60. The van der Waals surface area contributed by atoms with E-state index in [1.165, 1.54) is 4.90 Å². The van der Waals surface area contributed by atoms with Crippen LogP contribution in [0.15, 0.2) is 59.6 Å². The van der Waals surface area contributed by atoms with E-state index in [9.17, 15) is 9.59 Å². The molecule has 2 aromatic rings. The van der Waals surface area contributed by atoms with Gasteiger partial charge in [0.2, 0.25) is 0 Å². The lowest BCUT2D eigenvalue weighted by Gasteiger charge is -2.40. The van der Waals surface area contributed by atoms with Gasteiger partial charge >= 0.3 is 0 Å². The molecule has 7 nitrogen and oxygen atoms in total. The van der Waals surface area contributed by atoms with Gasteiger partial charge in [-0.3, -0.25) is 14.5 Å². The van der Waals surface area contributed by atoms with Crippen LogP contribution in [0, 0.1) is 11.8 Å². The lowest BCUT2D eigenvalue weighted by atomic mass is 9.73. The van der Waals surface area contributed by atoms with E-state index in [0.29, 0.717) is 49.8 Å². The van der Waals surface area contributed by atoms with Gasteiger partial charge in [-0.25, -0.2) is 4.99 Å². The molecule has 2 aliphatic heterocycles. The number of hydrogen-bond donors (Lipinski definition) is 1. The van der Waals surface area contributed by atoms with E-state index in [2.05, 4.69) is 13.8 Å². The molecule has 0 radical (unpaired) electrons. The minimum atomic E-state index is -1.10. The summed E-state index contributed by atoms with van der Waals surface area (Å²) in [5.74, 6) is 1.14. The van der Waals surface area contributed by atoms with E-state index in [1.54, 1.807) is 7.05 Å². The largest absolute Gasteiger partial charge is 0.493 e. The standard InChI is InChI=1S/C26H32N4O3/c1-18(2)17-33-22-11-7-10-21(16-22)26(24(32)29(3)25(27)28-26)20-12-14-30(15-13-20)23(31)19-8-5-4-6-9-19/h4-11,16,18,20H,12-15,17H2,1-3H3,(H2,27,28). The SMILES string of the molecule is CC(C)COc1cccc(C2(C3CCN(C(=O)c4ccccc4)CC3)N=C(N)N(C)C2=O)c1. The molecule has 1 atom stereocenters. The lowest BCUT2D eigenvalue weighted by Crippen LogP contribution is -2.49. The molecular formula is C26H32N4O3. The average molecular weight is 449 g/mol. The summed E-state index contributed by atoms with van der Waals surface area (Å²) in [7, 11) is 1.66. The molecule has 0 aliphatic carbocycles. The minimum Gasteiger partial charge on any atom is -0.493 e. The van der Waals surface area contributed by atoms with Crippen molar-refractivity contribution < 1.29 is 14.3 Å². The molecule has 0 saturated carbocycles. The van der Waals surface area contributed by atoms with Gasteiger partial charge in [0, 0.05) is 31.6 Å². The number of likely N-dealkylation sites (N-methyl/N-ethyl adjacent to an activating group) is 1. The van der Waals surface area contributed by atoms with Crippen molar-refractivity contribution >= 4 is 17.8 Å². The number of nitrogens with two attached hydrogens (primary N) is 1. The summed E-state index contributed by atoms with van der Waals surface area (Å²) in [6.07, 6.45) is 1.32. The second-order valence-electron chi connectivity index (χ2n) is 9.27. The Morgan fingerprint density at radius 3 is 2.45 bits per heavy atom. The van der Waals surface area contributed by atoms with E-state index >= 15 is 0 Å². The van der Waals surface area contributed by atoms with Crippen LogP contribution >= 0.6 is 0 Å². The summed E-state index contributed by atoms with van der Waals surface area (Å²) in [6, 6.07) is 16.9. The van der Waals surface area contributed by atoms with Crippen LogP contribution in [-0.2, 0) is 10.3 Å². The molecule has 0 spiro atoms. The predicted molar refractivity (Wildman–Crippen MR) is 128 cm³/mol. The molecule has 174 valence electrons. The van der Waals surface area contributed by atoms with Crippen LogP contribution in [-0.4, -0.2) is 54.3 Å². The first-order valence-electron chi connectivity index (χ1n) is 11.5. The summed E-state index contributed by atoms with van der Waals surface area (Å²) >= 11 is 0. The Bertz CT molecular complexity index is 1040. The Hall–Kier alpha value is -3.35. The van der Waals surface area contributed by atoms with E-state index < -0.39 is 5.54 Å². The maximum atomic E-state index is 13.6. The summed E-state index contributed by atoms with van der Waals surface area (Å²) < 4.78 is 5.93. The summed E-state index contributed by atoms with van der Waals surface area (Å²) in [5, 5.41) is 0. The maximum absolute atomic E-state index is 13.6. The van der Waals surface area contributed by atoms with Crippen molar-refractivity contribution in [3.8, 4) is 5.75 Å². The molecule has 2 amide bonds. The monoisotopic (exact) mass is 448 g/mol. The molecule has 1 unspecified atom stereocenters. The predicted octanol–water partition coefficient (Wildman–Crippen LogP) is 3.26. The molecule has 1 saturated heterocycles. The van der Waals surface area contributed by atoms with E-state index in [-0.39, 0.29) is 23.7 Å². The van der Waals surface area contributed by atoms with Crippen molar-refractivity contribution in [1.82, 2.24) is 9.80 Å². The summed E-state index contributed by atoms with van der Waals surface area (Å²) in [6.45, 7) is 5.91. The van der Waals surface area contributed by atoms with Crippen LogP contribution in [0.1, 0.15) is 42.6 Å². The van der Waals surface area contributed by atoms with Gasteiger partial charge < -0.3 is 15.4 Å². The molecule has 7 heteroatoms. The fraction of sp³-hybridized carbons (Fsp3) is 0.423. The molecule has 33 heavy (non-hydrogen) atoms. The fourth-order valence-corrected chi connectivity index (χ4v) is 4.70. The van der Waals surface area contributed by atoms with Gasteiger partial charge in [-0.05, 0) is 48.6 Å². The third kappa shape index (κ3) is 4.32. The number of rotatable bonds is 6. The van der Waals surface area contributed by atoms with Crippen LogP contribution in [0.5, 0.6) is 5.75 Å². The van der Waals surface area contributed by atoms with Crippen LogP contribution in [0.25, 0.3) is 0 Å². The fourth-order valence-electron chi connectivity index (χ4n) is 4.70. The smallest absolute Gasteiger partial charge is 0.261 e. The first kappa shape index (κ1) is 22.8. The number of carbonyl (C=O) groups is 2. The number of likely N-dealkylation sites (tertiary alicyclic amines) is 1. The molecule has 2 N–H and O–H groups in total. The van der Waals surface area contributed by atoms with Crippen LogP contribution < -0.4 is 10.5 Å². The molecule has 1 fully saturated rings. The van der Waals surface area contributed by atoms with Gasteiger partial charge in [-0.2, -0.15) is 0 Å². The van der Waals surface area contributed by atoms with Gasteiger partial charge in [0.05, 0.1) is 6.61 Å². The second-order valence-corrected chi connectivity index (χ2v) is 9.27. The van der Waals surface area contributed by atoms with Crippen molar-refractivity contribution in [2.45, 2.75) is 32.2 Å². The third-order valence-electron chi connectivity index (χ3n) is 6.52. The maximum Gasteiger partial charge on any atom is 0.261 e. The zero-order chi connectivity index (χ0) is 23.6. The number of carbonyl (C=O) groups excluding carboxylic acids is 2. The highest BCUT2D eigenvalue weighted by Crippen LogP contribution is 2.45. The van der Waals surface area contributed by atoms with Crippen LogP contribution in [0.2, 0.25) is 0 Å². The number of ether oxygens (including phenoxy) is 1. The second kappa shape index (κ2) is 9.25. The van der Waals surface area contributed by atoms with E-state index in [1.807, 2.05) is 59.5 Å². The van der Waals surface area contributed by atoms with Gasteiger partial charge in [-0.15, -0.1) is 0 Å². The van der Waals surface area contributed by atoms with Gasteiger partial charge in [0.25, 0.3) is 11.8 Å². The Kier molecular flexibility index (Phi) is 6.40. The topological polar surface area (TPSA) is 88.2 Å². The van der Waals surface area contributed by atoms with Gasteiger partial charge in [0.15, 0.2) is 11.5 Å². The number of amides is 2. The molecule has 0 aromatic heterocycles. The number of benzene rings is 2. The van der Waals surface area contributed by atoms with Gasteiger partial charge in [-0.1, -0.05) is 44.2 Å². The number of hydrogen-bond acceptors (Lipinski definition) is 5. The zero-order valence-electron chi connectivity index (χ0n) is 19.5. The lowest BCUT2D eigenvalue weighted by molar-refractivity contribution is -0.133. The Labute approximate surface area is 195 Å². The van der Waals surface area contributed by atoms with Crippen molar-refractivity contribution in [1.29, 1.82) is 0 Å². The first-order chi connectivity index (χ1) is 15.8. The van der Waals surface area contributed by atoms with Crippen molar-refractivity contribution in [3.05, 3.63) is 65.7 Å². The van der Waals surface area contributed by atoms with E-state index in [4.69, 9.17) is 15.5 Å². The molecular weight excluding hydrogens is 416 g/mol. The van der Waals surface area contributed by atoms with Crippen LogP contribution in [0.4, 0.5) is 0 Å². The molecule has 2 heterocycles. The van der Waals surface area contributed by atoms with Crippen molar-refractivity contribution in [3.63, 3.8) is 0 Å². The summed E-state index contributed by atoms with van der Waals surface area (Å²) in [5.41, 5.74) is 6.50. The third-order valence-corrected chi connectivity index (χ3v) is 6.52.